The molecule has 4 bridgehead atoms. The number of hydrogen-bond donors (Lipinski definition) is 1. The first-order valence-corrected chi connectivity index (χ1v) is 8.66. The maximum atomic E-state index is 12.6. The zero-order valence-corrected chi connectivity index (χ0v) is 13.7. The molecule has 0 aromatic heterocycles. The van der Waals surface area contributed by atoms with Gasteiger partial charge in [-0.1, -0.05) is 6.92 Å². The Morgan fingerprint density at radius 2 is 1.67 bits per heavy atom. The van der Waals surface area contributed by atoms with Crippen molar-refractivity contribution in [2.24, 2.45) is 17.3 Å². The standard InChI is InChI=1S/C19H22F3NO/c1-17-7-12-6-13(8-17)10-18(9-12,11-17)23-16(24)14-2-4-15(5-3-14)19(20,21)22/h2-5,12-13H,6-11H2,1H3,(H,23,24). The fourth-order valence-corrected chi connectivity index (χ4v) is 5.99. The van der Waals surface area contributed by atoms with Gasteiger partial charge in [0.15, 0.2) is 0 Å². The molecule has 1 amide bonds. The highest BCUT2D eigenvalue weighted by Gasteiger charge is 2.56. The molecule has 0 saturated heterocycles. The molecule has 5 heteroatoms. The van der Waals surface area contributed by atoms with E-state index in [4.69, 9.17) is 0 Å². The third-order valence-corrected chi connectivity index (χ3v) is 6.21. The highest BCUT2D eigenvalue weighted by molar-refractivity contribution is 5.94. The number of nitrogens with one attached hydrogen (secondary N) is 1. The topological polar surface area (TPSA) is 29.1 Å². The van der Waals surface area contributed by atoms with Crippen molar-refractivity contribution in [1.29, 1.82) is 0 Å². The first kappa shape index (κ1) is 16.0. The van der Waals surface area contributed by atoms with Crippen LogP contribution in [0.25, 0.3) is 0 Å². The molecule has 24 heavy (non-hydrogen) atoms. The summed E-state index contributed by atoms with van der Waals surface area (Å²) >= 11 is 0. The number of carbonyl (C=O) groups is 1. The number of alkyl halides is 3. The van der Waals surface area contributed by atoms with E-state index in [2.05, 4.69) is 12.2 Å². The Bertz CT molecular complexity index is 650. The van der Waals surface area contributed by atoms with E-state index in [0.29, 0.717) is 22.8 Å². The number of halogens is 3. The molecule has 130 valence electrons. The lowest BCUT2D eigenvalue weighted by Gasteiger charge is -2.61. The number of benzene rings is 1. The zero-order chi connectivity index (χ0) is 17.2. The van der Waals surface area contributed by atoms with Crippen LogP contribution < -0.4 is 5.32 Å². The number of carbonyl (C=O) groups excluding carboxylic acids is 1. The predicted octanol–water partition coefficient (Wildman–Crippen LogP) is 4.79. The van der Waals surface area contributed by atoms with Gasteiger partial charge in [-0.2, -0.15) is 13.2 Å². The van der Waals surface area contributed by atoms with E-state index in [1.165, 1.54) is 31.4 Å². The molecule has 1 aromatic carbocycles. The molecule has 0 radical (unpaired) electrons. The van der Waals surface area contributed by atoms with Gasteiger partial charge in [0, 0.05) is 11.1 Å². The molecule has 1 aromatic rings. The first-order chi connectivity index (χ1) is 11.2. The van der Waals surface area contributed by atoms with Gasteiger partial charge >= 0.3 is 6.18 Å². The van der Waals surface area contributed by atoms with E-state index in [9.17, 15) is 18.0 Å². The molecule has 0 aliphatic heterocycles. The second-order valence-electron chi connectivity index (χ2n) is 8.58. The van der Waals surface area contributed by atoms with Crippen molar-refractivity contribution in [3.05, 3.63) is 35.4 Å². The van der Waals surface area contributed by atoms with Crippen LogP contribution >= 0.6 is 0 Å². The van der Waals surface area contributed by atoms with Gasteiger partial charge in [0.05, 0.1) is 5.56 Å². The van der Waals surface area contributed by atoms with Gasteiger partial charge in [-0.15, -0.1) is 0 Å². The van der Waals surface area contributed by atoms with Crippen LogP contribution in [0.3, 0.4) is 0 Å². The fourth-order valence-electron chi connectivity index (χ4n) is 5.99. The average Bonchev–Trinajstić information content (AvgIpc) is 2.43. The van der Waals surface area contributed by atoms with Crippen LogP contribution in [0.5, 0.6) is 0 Å². The van der Waals surface area contributed by atoms with Crippen molar-refractivity contribution < 1.29 is 18.0 Å². The van der Waals surface area contributed by atoms with Crippen LogP contribution in [-0.2, 0) is 6.18 Å². The second kappa shape index (κ2) is 4.99. The van der Waals surface area contributed by atoms with Gasteiger partial charge in [0.25, 0.3) is 5.91 Å². The summed E-state index contributed by atoms with van der Waals surface area (Å²) < 4.78 is 37.9. The van der Waals surface area contributed by atoms with Crippen LogP contribution in [-0.4, -0.2) is 11.4 Å². The average molecular weight is 337 g/mol. The first-order valence-electron chi connectivity index (χ1n) is 8.66. The van der Waals surface area contributed by atoms with E-state index >= 15 is 0 Å². The van der Waals surface area contributed by atoms with Gasteiger partial charge in [0.1, 0.15) is 0 Å². The Hall–Kier alpha value is -1.52. The highest BCUT2D eigenvalue weighted by atomic mass is 19.4. The Kier molecular flexibility index (Phi) is 3.32. The van der Waals surface area contributed by atoms with Crippen LogP contribution in [0.1, 0.15) is 61.4 Å². The summed E-state index contributed by atoms with van der Waals surface area (Å²) in [6, 6.07) is 4.52. The van der Waals surface area contributed by atoms with Crippen LogP contribution in [0.2, 0.25) is 0 Å². The molecule has 4 aliphatic carbocycles. The summed E-state index contributed by atoms with van der Waals surface area (Å²) in [6.45, 7) is 2.32. The maximum absolute atomic E-state index is 12.6. The Labute approximate surface area is 139 Å². The van der Waals surface area contributed by atoms with Crippen molar-refractivity contribution in [3.8, 4) is 0 Å². The number of amides is 1. The lowest BCUT2D eigenvalue weighted by Crippen LogP contribution is -2.62. The maximum Gasteiger partial charge on any atom is 0.416 e. The molecule has 2 unspecified atom stereocenters. The van der Waals surface area contributed by atoms with Gasteiger partial charge in [-0.05, 0) is 80.0 Å². The SMILES string of the molecule is CC12CC3CC(C1)CC(NC(=O)c1ccc(C(F)(F)F)cc1)(C3)C2. The largest absolute Gasteiger partial charge is 0.416 e. The molecule has 5 rings (SSSR count). The second-order valence-corrected chi connectivity index (χ2v) is 8.58. The smallest absolute Gasteiger partial charge is 0.347 e. The van der Waals surface area contributed by atoms with Gasteiger partial charge in [0.2, 0.25) is 0 Å². The van der Waals surface area contributed by atoms with Crippen molar-refractivity contribution in [2.75, 3.05) is 0 Å². The fraction of sp³-hybridized carbons (Fsp3) is 0.632. The minimum atomic E-state index is -4.37. The molecule has 2 nitrogen and oxygen atoms in total. The minimum absolute atomic E-state index is 0.154. The van der Waals surface area contributed by atoms with Crippen LogP contribution in [0.15, 0.2) is 24.3 Å². The Morgan fingerprint density at radius 3 is 2.17 bits per heavy atom. The summed E-state index contributed by atoms with van der Waals surface area (Å²) in [5.74, 6) is 1.13. The molecule has 4 aliphatic rings. The molecule has 2 atom stereocenters. The predicted molar refractivity (Wildman–Crippen MR) is 84.4 cm³/mol. The minimum Gasteiger partial charge on any atom is -0.347 e. The summed E-state index contributed by atoms with van der Waals surface area (Å²) in [5, 5.41) is 3.20. The van der Waals surface area contributed by atoms with Gasteiger partial charge in [-0.25, -0.2) is 0 Å². The number of hydrogen-bond acceptors (Lipinski definition) is 1. The Balaban J connectivity index is 1.52. The Morgan fingerprint density at radius 1 is 1.08 bits per heavy atom. The third kappa shape index (κ3) is 2.72. The monoisotopic (exact) mass is 337 g/mol. The molecule has 0 heterocycles. The molecule has 4 saturated carbocycles. The summed E-state index contributed by atoms with van der Waals surface area (Å²) in [6.07, 6.45) is 2.44. The molecule has 1 N–H and O–H groups in total. The van der Waals surface area contributed by atoms with E-state index < -0.39 is 11.7 Å². The highest BCUT2D eigenvalue weighted by Crippen LogP contribution is 2.61. The van der Waals surface area contributed by atoms with Gasteiger partial charge in [-0.3, -0.25) is 4.79 Å². The van der Waals surface area contributed by atoms with Crippen molar-refractivity contribution >= 4 is 5.91 Å². The van der Waals surface area contributed by atoms with E-state index in [-0.39, 0.29) is 11.4 Å². The summed E-state index contributed by atoms with van der Waals surface area (Å²) in [5.41, 5.74) is -0.249. The van der Waals surface area contributed by atoms with E-state index in [1.54, 1.807) is 0 Å². The summed E-state index contributed by atoms with van der Waals surface area (Å²) in [4.78, 5) is 12.6. The number of rotatable bonds is 2. The third-order valence-electron chi connectivity index (χ3n) is 6.21. The van der Waals surface area contributed by atoms with Crippen LogP contribution in [0, 0.1) is 17.3 Å². The van der Waals surface area contributed by atoms with Crippen molar-refractivity contribution in [1.82, 2.24) is 5.32 Å². The van der Waals surface area contributed by atoms with Crippen molar-refractivity contribution in [3.63, 3.8) is 0 Å². The molecule has 0 spiro atoms. The molecular formula is C19H22F3NO. The molecular weight excluding hydrogens is 315 g/mol. The quantitative estimate of drug-likeness (QED) is 0.826. The van der Waals surface area contributed by atoms with Crippen LogP contribution in [0.4, 0.5) is 13.2 Å². The molecule has 4 fully saturated rings. The summed E-state index contributed by atoms with van der Waals surface area (Å²) in [7, 11) is 0. The van der Waals surface area contributed by atoms with E-state index in [1.807, 2.05) is 0 Å². The lowest BCUT2D eigenvalue weighted by atomic mass is 9.47. The lowest BCUT2D eigenvalue weighted by molar-refractivity contribution is -0.137. The van der Waals surface area contributed by atoms with Crippen molar-refractivity contribution in [2.45, 2.75) is 57.2 Å². The van der Waals surface area contributed by atoms with Gasteiger partial charge < -0.3 is 5.32 Å². The normalized spacial score (nSPS) is 37.5. The van der Waals surface area contributed by atoms with E-state index in [0.717, 1.165) is 31.4 Å². The zero-order valence-electron chi connectivity index (χ0n) is 13.7.